The van der Waals surface area contributed by atoms with Crippen molar-refractivity contribution in [2.24, 2.45) is 0 Å². The van der Waals surface area contributed by atoms with Crippen LogP contribution in [0.4, 0.5) is 0 Å². The van der Waals surface area contributed by atoms with Gasteiger partial charge in [0, 0.05) is 12.8 Å². The molecule has 0 bridgehead atoms. The second-order valence-electron chi connectivity index (χ2n) is 3.71. The van der Waals surface area contributed by atoms with Crippen LogP contribution in [0.2, 0.25) is 0 Å². The third-order valence-electron chi connectivity index (χ3n) is 2.32. The predicted octanol–water partition coefficient (Wildman–Crippen LogP) is 0.132. The summed E-state index contributed by atoms with van der Waals surface area (Å²) in [6.07, 6.45) is 1.03. The van der Waals surface area contributed by atoms with Gasteiger partial charge in [-0.2, -0.15) is 0 Å². The molecule has 0 aliphatic carbocycles. The summed E-state index contributed by atoms with van der Waals surface area (Å²) in [4.78, 5) is 4.18. The average Bonchev–Trinajstić information content (AvgIpc) is 2.85. The SMILES string of the molecule is CCOC[C@H](O)Cn1nnnc1-c1ccccn1. The molecule has 2 rings (SSSR count). The summed E-state index contributed by atoms with van der Waals surface area (Å²) < 4.78 is 6.66. The number of rotatable bonds is 6. The summed E-state index contributed by atoms with van der Waals surface area (Å²) in [5, 5.41) is 21.1. The van der Waals surface area contributed by atoms with Gasteiger partial charge in [0.15, 0.2) is 0 Å². The van der Waals surface area contributed by atoms with Gasteiger partial charge >= 0.3 is 0 Å². The molecule has 0 aromatic carbocycles. The lowest BCUT2D eigenvalue weighted by Gasteiger charge is -2.10. The normalized spacial score (nSPS) is 12.6. The fraction of sp³-hybridized carbons (Fsp3) is 0.455. The van der Waals surface area contributed by atoms with Crippen LogP contribution in [0.5, 0.6) is 0 Å². The number of hydrogen-bond donors (Lipinski definition) is 1. The molecule has 2 aromatic heterocycles. The van der Waals surface area contributed by atoms with Gasteiger partial charge in [-0.25, -0.2) is 4.68 Å². The van der Waals surface area contributed by atoms with Crippen LogP contribution < -0.4 is 0 Å². The van der Waals surface area contributed by atoms with Crippen molar-refractivity contribution < 1.29 is 9.84 Å². The fourth-order valence-corrected chi connectivity index (χ4v) is 1.51. The molecular weight excluding hydrogens is 234 g/mol. The maximum atomic E-state index is 9.76. The molecule has 1 atom stereocenters. The number of pyridine rings is 1. The second kappa shape index (κ2) is 6.18. The van der Waals surface area contributed by atoms with Crippen LogP contribution in [-0.2, 0) is 11.3 Å². The zero-order chi connectivity index (χ0) is 12.8. The first-order chi connectivity index (χ1) is 8.81. The van der Waals surface area contributed by atoms with E-state index in [1.165, 1.54) is 4.68 Å². The number of nitrogens with zero attached hydrogens (tertiary/aromatic N) is 5. The molecule has 1 N–H and O–H groups in total. The van der Waals surface area contributed by atoms with Crippen LogP contribution in [0.25, 0.3) is 11.5 Å². The van der Waals surface area contributed by atoms with Crippen LogP contribution in [0.3, 0.4) is 0 Å². The Hall–Kier alpha value is -1.86. The summed E-state index contributed by atoms with van der Waals surface area (Å²) in [5.74, 6) is 0.533. The highest BCUT2D eigenvalue weighted by molar-refractivity contribution is 5.47. The van der Waals surface area contributed by atoms with Crippen LogP contribution in [0, 0.1) is 0 Å². The van der Waals surface area contributed by atoms with Gasteiger partial charge in [-0.15, -0.1) is 5.10 Å². The molecule has 0 saturated heterocycles. The Morgan fingerprint density at radius 3 is 3.06 bits per heavy atom. The van der Waals surface area contributed by atoms with E-state index in [-0.39, 0.29) is 13.2 Å². The van der Waals surface area contributed by atoms with Gasteiger partial charge in [0.1, 0.15) is 5.69 Å². The number of hydrogen-bond acceptors (Lipinski definition) is 6. The predicted molar refractivity (Wildman–Crippen MR) is 63.5 cm³/mol. The molecule has 7 nitrogen and oxygen atoms in total. The van der Waals surface area contributed by atoms with Crippen molar-refractivity contribution in [2.45, 2.75) is 19.6 Å². The lowest BCUT2D eigenvalue weighted by Crippen LogP contribution is -2.23. The Balaban J connectivity index is 2.09. The molecule has 18 heavy (non-hydrogen) atoms. The number of ether oxygens (including phenoxy) is 1. The molecule has 0 aliphatic heterocycles. The molecule has 96 valence electrons. The highest BCUT2D eigenvalue weighted by Gasteiger charge is 2.13. The Morgan fingerprint density at radius 2 is 2.33 bits per heavy atom. The largest absolute Gasteiger partial charge is 0.389 e. The first kappa shape index (κ1) is 12.6. The average molecular weight is 249 g/mol. The molecule has 0 fully saturated rings. The van der Waals surface area contributed by atoms with Gasteiger partial charge in [0.2, 0.25) is 5.82 Å². The molecular formula is C11H15N5O2. The molecule has 0 saturated carbocycles. The van der Waals surface area contributed by atoms with Gasteiger partial charge in [-0.3, -0.25) is 4.98 Å². The quantitative estimate of drug-likeness (QED) is 0.783. The maximum absolute atomic E-state index is 9.76. The van der Waals surface area contributed by atoms with Crippen molar-refractivity contribution in [3.05, 3.63) is 24.4 Å². The second-order valence-corrected chi connectivity index (χ2v) is 3.71. The Bertz CT molecular complexity index is 473. The number of aliphatic hydroxyl groups is 1. The summed E-state index contributed by atoms with van der Waals surface area (Å²) in [5.41, 5.74) is 0.672. The molecule has 2 heterocycles. The van der Waals surface area contributed by atoms with E-state index in [2.05, 4.69) is 20.5 Å². The first-order valence-corrected chi connectivity index (χ1v) is 5.74. The zero-order valence-corrected chi connectivity index (χ0v) is 10.1. The Labute approximate surface area is 104 Å². The molecule has 7 heteroatoms. The molecule has 0 amide bonds. The fourth-order valence-electron chi connectivity index (χ4n) is 1.51. The number of aromatic nitrogens is 5. The van der Waals surface area contributed by atoms with E-state index in [9.17, 15) is 5.11 Å². The third kappa shape index (κ3) is 3.08. The topological polar surface area (TPSA) is 86.0 Å². The Kier molecular flexibility index (Phi) is 4.32. The third-order valence-corrected chi connectivity index (χ3v) is 2.32. The van der Waals surface area contributed by atoms with Crippen molar-refractivity contribution in [1.29, 1.82) is 0 Å². The van der Waals surface area contributed by atoms with Crippen LogP contribution in [0.15, 0.2) is 24.4 Å². The van der Waals surface area contributed by atoms with Crippen LogP contribution in [0.1, 0.15) is 6.92 Å². The van der Waals surface area contributed by atoms with Crippen molar-refractivity contribution in [3.63, 3.8) is 0 Å². The highest BCUT2D eigenvalue weighted by Crippen LogP contribution is 2.11. The Morgan fingerprint density at radius 1 is 1.44 bits per heavy atom. The molecule has 0 aliphatic rings. The van der Waals surface area contributed by atoms with Gasteiger partial charge in [-0.1, -0.05) is 6.07 Å². The summed E-state index contributed by atoms with van der Waals surface area (Å²) >= 11 is 0. The van der Waals surface area contributed by atoms with Crippen molar-refractivity contribution >= 4 is 0 Å². The summed E-state index contributed by atoms with van der Waals surface area (Å²) in [7, 11) is 0. The lowest BCUT2D eigenvalue weighted by molar-refractivity contribution is 0.0316. The first-order valence-electron chi connectivity index (χ1n) is 5.74. The van der Waals surface area contributed by atoms with Crippen LogP contribution in [-0.4, -0.2) is 49.6 Å². The van der Waals surface area contributed by atoms with Crippen LogP contribution >= 0.6 is 0 Å². The molecule has 0 spiro atoms. The zero-order valence-electron chi connectivity index (χ0n) is 10.1. The number of tetrazole rings is 1. The van der Waals surface area contributed by atoms with E-state index in [0.717, 1.165) is 0 Å². The van der Waals surface area contributed by atoms with Gasteiger partial charge in [0.05, 0.1) is 19.3 Å². The monoisotopic (exact) mass is 249 g/mol. The summed E-state index contributed by atoms with van der Waals surface area (Å²) in [6.45, 7) is 2.99. The van der Waals surface area contributed by atoms with E-state index in [1.54, 1.807) is 6.20 Å². The minimum absolute atomic E-state index is 0.262. The standard InChI is InChI=1S/C11H15N5O2/c1-2-18-8-9(17)7-16-11(13-14-15-16)10-5-3-4-6-12-10/h3-6,9,17H,2,7-8H2,1H3/t9-/m1/s1. The van der Waals surface area contributed by atoms with Gasteiger partial charge in [0.25, 0.3) is 0 Å². The molecule has 0 unspecified atom stereocenters. The van der Waals surface area contributed by atoms with Crippen molar-refractivity contribution in [3.8, 4) is 11.5 Å². The molecule has 0 radical (unpaired) electrons. The lowest BCUT2D eigenvalue weighted by atomic mass is 10.3. The highest BCUT2D eigenvalue weighted by atomic mass is 16.5. The maximum Gasteiger partial charge on any atom is 0.200 e. The van der Waals surface area contributed by atoms with E-state index in [4.69, 9.17) is 4.74 Å². The smallest absolute Gasteiger partial charge is 0.200 e. The van der Waals surface area contributed by atoms with Gasteiger partial charge < -0.3 is 9.84 Å². The van der Waals surface area contributed by atoms with E-state index < -0.39 is 6.10 Å². The van der Waals surface area contributed by atoms with E-state index >= 15 is 0 Å². The number of aliphatic hydroxyl groups excluding tert-OH is 1. The van der Waals surface area contributed by atoms with E-state index in [1.807, 2.05) is 25.1 Å². The van der Waals surface area contributed by atoms with Crippen molar-refractivity contribution in [1.82, 2.24) is 25.2 Å². The van der Waals surface area contributed by atoms with Crippen molar-refractivity contribution in [2.75, 3.05) is 13.2 Å². The molecule has 2 aromatic rings. The minimum atomic E-state index is -0.643. The summed E-state index contributed by atoms with van der Waals surface area (Å²) in [6, 6.07) is 5.50. The van der Waals surface area contributed by atoms with Gasteiger partial charge in [-0.05, 0) is 29.5 Å². The minimum Gasteiger partial charge on any atom is -0.389 e. The van der Waals surface area contributed by atoms with E-state index in [0.29, 0.717) is 18.1 Å².